The molecule has 5 nitrogen and oxygen atoms in total. The Labute approximate surface area is 104 Å². The molecule has 0 aliphatic carbocycles. The second-order valence-electron chi connectivity index (χ2n) is 3.44. The first-order chi connectivity index (χ1) is 7.99. The molecule has 0 heterocycles. The minimum absolute atomic E-state index is 0.0285. The lowest BCUT2D eigenvalue weighted by molar-refractivity contribution is -0.141. The Balaban J connectivity index is 2.98. The highest BCUT2D eigenvalue weighted by molar-refractivity contribution is 6.32. The Kier molecular flexibility index (Phi) is 4.60. The molecule has 0 unspecified atom stereocenters. The molecule has 1 rings (SSSR count). The van der Waals surface area contributed by atoms with Crippen molar-refractivity contribution in [2.24, 2.45) is 5.73 Å². The maximum absolute atomic E-state index is 11.1. The highest BCUT2D eigenvalue weighted by Gasteiger charge is 2.16. The summed E-state index contributed by atoms with van der Waals surface area (Å²) >= 11 is 5.81. The fourth-order valence-electron chi connectivity index (χ4n) is 1.34. The quantitative estimate of drug-likeness (QED) is 0.803. The molecule has 0 aliphatic heterocycles. The molecule has 0 aromatic heterocycles. The lowest BCUT2D eigenvalue weighted by atomic mass is 10.0. The molecular formula is C11H14ClNO4. The zero-order valence-corrected chi connectivity index (χ0v) is 10.3. The van der Waals surface area contributed by atoms with Gasteiger partial charge in [0.2, 0.25) is 0 Å². The fourth-order valence-corrected chi connectivity index (χ4v) is 1.56. The number of hydrogen-bond acceptors (Lipinski definition) is 5. The first-order valence-electron chi connectivity index (χ1n) is 4.88. The van der Waals surface area contributed by atoms with E-state index in [1.807, 2.05) is 0 Å². The van der Waals surface area contributed by atoms with Crippen LogP contribution in [0.1, 0.15) is 18.0 Å². The summed E-state index contributed by atoms with van der Waals surface area (Å²) in [7, 11) is 2.69. The highest BCUT2D eigenvalue weighted by atomic mass is 35.5. The van der Waals surface area contributed by atoms with E-state index in [4.69, 9.17) is 22.1 Å². The van der Waals surface area contributed by atoms with Gasteiger partial charge in [-0.15, -0.1) is 0 Å². The number of rotatable bonds is 4. The molecule has 0 amide bonds. The number of carbonyl (C=O) groups excluding carboxylic acids is 1. The van der Waals surface area contributed by atoms with Crippen molar-refractivity contribution < 1.29 is 19.4 Å². The molecule has 1 aromatic carbocycles. The molecule has 0 saturated heterocycles. The first-order valence-corrected chi connectivity index (χ1v) is 5.26. The van der Waals surface area contributed by atoms with Crippen LogP contribution < -0.4 is 10.5 Å². The van der Waals surface area contributed by atoms with E-state index in [1.165, 1.54) is 26.4 Å². The van der Waals surface area contributed by atoms with E-state index >= 15 is 0 Å². The molecule has 6 heteroatoms. The Morgan fingerprint density at radius 1 is 1.53 bits per heavy atom. The van der Waals surface area contributed by atoms with Gasteiger partial charge < -0.3 is 20.3 Å². The standard InChI is InChI=1S/C11H14ClNO4/c1-16-9-4-6(3-7(12)11(9)15)8(13)5-10(14)17-2/h3-4,8,15H,5,13H2,1-2H3/t8-/m1/s1. The zero-order valence-electron chi connectivity index (χ0n) is 9.57. The molecule has 3 N–H and O–H groups in total. The number of carbonyl (C=O) groups is 1. The Morgan fingerprint density at radius 2 is 2.18 bits per heavy atom. The Hall–Kier alpha value is -1.46. The third kappa shape index (κ3) is 3.25. The van der Waals surface area contributed by atoms with Gasteiger partial charge in [-0.25, -0.2) is 0 Å². The molecule has 17 heavy (non-hydrogen) atoms. The lowest BCUT2D eigenvalue weighted by Gasteiger charge is -2.13. The maximum Gasteiger partial charge on any atom is 0.307 e. The van der Waals surface area contributed by atoms with Crippen molar-refractivity contribution in [2.75, 3.05) is 14.2 Å². The van der Waals surface area contributed by atoms with Crippen molar-refractivity contribution in [1.82, 2.24) is 0 Å². The van der Waals surface area contributed by atoms with Crippen molar-refractivity contribution in [3.63, 3.8) is 0 Å². The van der Waals surface area contributed by atoms with Crippen LogP contribution in [-0.2, 0) is 9.53 Å². The molecule has 1 atom stereocenters. The van der Waals surface area contributed by atoms with Crippen LogP contribution in [0.5, 0.6) is 11.5 Å². The third-order valence-electron chi connectivity index (χ3n) is 2.31. The molecule has 94 valence electrons. The smallest absolute Gasteiger partial charge is 0.307 e. The van der Waals surface area contributed by atoms with Crippen LogP contribution in [0, 0.1) is 0 Å². The van der Waals surface area contributed by atoms with Gasteiger partial charge in [-0.05, 0) is 17.7 Å². The number of phenolic OH excluding ortho intramolecular Hbond substituents is 1. The molecule has 0 radical (unpaired) electrons. The maximum atomic E-state index is 11.1. The van der Waals surface area contributed by atoms with E-state index in [0.29, 0.717) is 5.56 Å². The Bertz CT molecular complexity index is 422. The van der Waals surface area contributed by atoms with Gasteiger partial charge in [-0.1, -0.05) is 11.6 Å². The van der Waals surface area contributed by atoms with Gasteiger partial charge in [0.1, 0.15) is 0 Å². The second kappa shape index (κ2) is 5.75. The van der Waals surface area contributed by atoms with E-state index in [-0.39, 0.29) is 22.9 Å². The summed E-state index contributed by atoms with van der Waals surface area (Å²) < 4.78 is 9.46. The largest absolute Gasteiger partial charge is 0.503 e. The summed E-state index contributed by atoms with van der Waals surface area (Å²) in [6.07, 6.45) is 0.0285. The van der Waals surface area contributed by atoms with Gasteiger partial charge in [-0.3, -0.25) is 4.79 Å². The summed E-state index contributed by atoms with van der Waals surface area (Å²) in [6, 6.07) is 2.47. The van der Waals surface area contributed by atoms with Gasteiger partial charge in [0.15, 0.2) is 11.5 Å². The number of hydrogen-bond donors (Lipinski definition) is 2. The lowest BCUT2D eigenvalue weighted by Crippen LogP contribution is -2.16. The van der Waals surface area contributed by atoms with Crippen molar-refractivity contribution in [2.45, 2.75) is 12.5 Å². The number of ether oxygens (including phenoxy) is 2. The summed E-state index contributed by atoms with van der Waals surface area (Å²) in [5.41, 5.74) is 6.41. The molecule has 0 bridgehead atoms. The molecule has 0 aliphatic rings. The molecule has 0 saturated carbocycles. The highest BCUT2D eigenvalue weighted by Crippen LogP contribution is 2.36. The van der Waals surface area contributed by atoms with Gasteiger partial charge >= 0.3 is 5.97 Å². The summed E-state index contributed by atoms with van der Waals surface area (Å²) in [4.78, 5) is 11.1. The zero-order chi connectivity index (χ0) is 13.0. The van der Waals surface area contributed by atoms with E-state index in [2.05, 4.69) is 4.74 Å². The van der Waals surface area contributed by atoms with Crippen LogP contribution in [-0.4, -0.2) is 25.3 Å². The number of nitrogens with two attached hydrogens (primary N) is 1. The minimum atomic E-state index is -0.561. The first kappa shape index (κ1) is 13.6. The second-order valence-corrected chi connectivity index (χ2v) is 3.85. The summed E-state index contributed by atoms with van der Waals surface area (Å²) in [5, 5.41) is 9.67. The van der Waals surface area contributed by atoms with Gasteiger partial charge in [0, 0.05) is 6.04 Å². The average molecular weight is 260 g/mol. The SMILES string of the molecule is COC(=O)C[C@@H](N)c1cc(Cl)c(O)c(OC)c1. The van der Waals surface area contributed by atoms with Crippen molar-refractivity contribution in [3.05, 3.63) is 22.7 Å². The number of methoxy groups -OCH3 is 2. The molecule has 0 fully saturated rings. The normalized spacial score (nSPS) is 12.0. The van der Waals surface area contributed by atoms with E-state index in [0.717, 1.165) is 0 Å². The number of esters is 1. The number of phenols is 1. The van der Waals surface area contributed by atoms with E-state index in [1.54, 1.807) is 0 Å². The summed E-state index contributed by atoms with van der Waals surface area (Å²) in [5.74, 6) is -0.350. The predicted octanol–water partition coefficient (Wildman–Crippen LogP) is 1.62. The average Bonchev–Trinajstić information content (AvgIpc) is 2.32. The van der Waals surface area contributed by atoms with E-state index in [9.17, 15) is 9.90 Å². The van der Waals surface area contributed by atoms with Gasteiger partial charge in [0.05, 0.1) is 25.7 Å². The van der Waals surface area contributed by atoms with Crippen molar-refractivity contribution >= 4 is 17.6 Å². The summed E-state index contributed by atoms with van der Waals surface area (Å²) in [6.45, 7) is 0. The van der Waals surface area contributed by atoms with Crippen LogP contribution in [0.3, 0.4) is 0 Å². The van der Waals surface area contributed by atoms with Gasteiger partial charge in [0.25, 0.3) is 0 Å². The minimum Gasteiger partial charge on any atom is -0.503 e. The molecule has 1 aromatic rings. The van der Waals surface area contributed by atoms with E-state index < -0.39 is 12.0 Å². The third-order valence-corrected chi connectivity index (χ3v) is 2.60. The molecular weight excluding hydrogens is 246 g/mol. The van der Waals surface area contributed by atoms with Crippen molar-refractivity contribution in [1.29, 1.82) is 0 Å². The van der Waals surface area contributed by atoms with Gasteiger partial charge in [-0.2, -0.15) is 0 Å². The fraction of sp³-hybridized carbons (Fsp3) is 0.364. The van der Waals surface area contributed by atoms with Crippen LogP contribution in [0.15, 0.2) is 12.1 Å². The monoisotopic (exact) mass is 259 g/mol. The molecule has 0 spiro atoms. The number of aromatic hydroxyl groups is 1. The van der Waals surface area contributed by atoms with Crippen molar-refractivity contribution in [3.8, 4) is 11.5 Å². The van der Waals surface area contributed by atoms with Crippen LogP contribution in [0.4, 0.5) is 0 Å². The topological polar surface area (TPSA) is 81.8 Å². The van der Waals surface area contributed by atoms with Crippen LogP contribution in [0.2, 0.25) is 5.02 Å². The Morgan fingerprint density at radius 3 is 2.71 bits per heavy atom. The predicted molar refractivity (Wildman–Crippen MR) is 63.2 cm³/mol. The van der Waals surface area contributed by atoms with Crippen LogP contribution >= 0.6 is 11.6 Å². The number of benzene rings is 1. The van der Waals surface area contributed by atoms with Crippen LogP contribution in [0.25, 0.3) is 0 Å². The number of halogens is 1.